The summed E-state index contributed by atoms with van der Waals surface area (Å²) in [5.74, 6) is -9.24. The molecule has 3 heterocycles. The van der Waals surface area contributed by atoms with Gasteiger partial charge in [-0.25, -0.2) is 23.4 Å². The standard InChI is InChI=1S/C30H31ClF2N6O10S3/c31-17-14(1-2-16(40)21(17)41)23(42)35-7-8-50-9-13-10-51-26-19(25(44)39(26)20(13)27(45)46)37-24(43)18(15-11-52-29(34)36-15)38-49-22(28(47)48)12-3-5-30(32,33)6-4-12/h1-2,11-12,19,22,26,40-41H,3-10H2,(H2,34,36)(H,35,42)(H,37,43)(H,45,46)(H,47,48)/b38-18-/t19-,22-,26-/m1/s1. The molecule has 280 valence electrons. The van der Waals surface area contributed by atoms with Gasteiger partial charge in [0.15, 0.2) is 22.3 Å². The number of phenolic OH excluding ortho intramolecular Hbond substituents is 2. The number of aromatic nitrogens is 1. The Labute approximate surface area is 310 Å². The van der Waals surface area contributed by atoms with E-state index in [1.54, 1.807) is 0 Å². The van der Waals surface area contributed by atoms with Gasteiger partial charge < -0.3 is 41.6 Å². The van der Waals surface area contributed by atoms with E-state index < -0.39 is 89.1 Å². The monoisotopic (exact) mass is 804 g/mol. The van der Waals surface area contributed by atoms with Crippen LogP contribution in [0.25, 0.3) is 0 Å². The first-order valence-electron chi connectivity index (χ1n) is 15.4. The number of halogens is 3. The zero-order valence-electron chi connectivity index (χ0n) is 26.7. The number of carbonyl (C=O) groups is 5. The Morgan fingerprint density at radius 3 is 2.56 bits per heavy atom. The lowest BCUT2D eigenvalue weighted by molar-refractivity contribution is -0.158. The third kappa shape index (κ3) is 8.48. The van der Waals surface area contributed by atoms with Crippen LogP contribution in [0, 0.1) is 5.92 Å². The third-order valence-corrected chi connectivity index (χ3v) is 11.8. The van der Waals surface area contributed by atoms with Crippen molar-refractivity contribution < 1.29 is 58.0 Å². The van der Waals surface area contributed by atoms with Crippen LogP contribution in [0.1, 0.15) is 41.7 Å². The molecule has 2 aromatic rings. The molecule has 1 saturated heterocycles. The minimum Gasteiger partial charge on any atom is -0.504 e. The number of nitrogen functional groups attached to an aromatic ring is 1. The summed E-state index contributed by atoms with van der Waals surface area (Å²) in [5.41, 5.74) is 5.25. The number of hydrogen-bond acceptors (Lipinski definition) is 14. The fourth-order valence-electron chi connectivity index (χ4n) is 5.67. The highest BCUT2D eigenvalue weighted by Crippen LogP contribution is 2.42. The van der Waals surface area contributed by atoms with Crippen molar-refractivity contribution in [1.82, 2.24) is 20.5 Å². The molecule has 0 spiro atoms. The van der Waals surface area contributed by atoms with Gasteiger partial charge in [0.1, 0.15) is 22.8 Å². The molecule has 1 aromatic heterocycles. The van der Waals surface area contributed by atoms with Crippen molar-refractivity contribution in [3.63, 3.8) is 0 Å². The zero-order valence-corrected chi connectivity index (χ0v) is 29.9. The highest BCUT2D eigenvalue weighted by atomic mass is 35.5. The summed E-state index contributed by atoms with van der Waals surface area (Å²) < 4.78 is 27.4. The first-order valence-corrected chi connectivity index (χ1v) is 18.9. The maximum Gasteiger partial charge on any atom is 0.352 e. The maximum absolute atomic E-state index is 13.7. The number of thioether (sulfide) groups is 2. The van der Waals surface area contributed by atoms with E-state index in [9.17, 15) is 53.2 Å². The van der Waals surface area contributed by atoms with E-state index in [1.807, 2.05) is 0 Å². The van der Waals surface area contributed by atoms with Crippen molar-refractivity contribution in [1.29, 1.82) is 0 Å². The topological polar surface area (TPSA) is 254 Å². The van der Waals surface area contributed by atoms with Crippen LogP contribution in [0.5, 0.6) is 11.5 Å². The second-order valence-corrected chi connectivity index (χ2v) is 15.3. The molecule has 16 nitrogen and oxygen atoms in total. The van der Waals surface area contributed by atoms with E-state index in [4.69, 9.17) is 22.2 Å². The minimum absolute atomic E-state index is 0.0413. The molecule has 22 heteroatoms. The lowest BCUT2D eigenvalue weighted by Crippen LogP contribution is -2.71. The molecular weight excluding hydrogens is 774 g/mol. The number of carbonyl (C=O) groups excluding carboxylic acids is 3. The van der Waals surface area contributed by atoms with Crippen molar-refractivity contribution in [3.8, 4) is 11.5 Å². The molecule has 1 aliphatic carbocycles. The molecule has 1 saturated carbocycles. The largest absolute Gasteiger partial charge is 0.504 e. The Morgan fingerprint density at radius 2 is 1.92 bits per heavy atom. The highest BCUT2D eigenvalue weighted by molar-refractivity contribution is 8.01. The summed E-state index contributed by atoms with van der Waals surface area (Å²) in [4.78, 5) is 73.8. The number of nitrogens with zero attached hydrogens (tertiary/aromatic N) is 3. The van der Waals surface area contributed by atoms with Crippen LogP contribution in [0.3, 0.4) is 0 Å². The van der Waals surface area contributed by atoms with Crippen LogP contribution in [-0.4, -0.2) is 113 Å². The number of phenols is 2. The molecule has 52 heavy (non-hydrogen) atoms. The Morgan fingerprint density at radius 1 is 1.21 bits per heavy atom. The number of nitrogens with two attached hydrogens (primary N) is 1. The van der Waals surface area contributed by atoms with Crippen molar-refractivity contribution in [3.05, 3.63) is 45.1 Å². The molecule has 3 atom stereocenters. The number of thiazole rings is 1. The van der Waals surface area contributed by atoms with E-state index in [-0.39, 0.29) is 58.0 Å². The average molecular weight is 805 g/mol. The molecule has 0 bridgehead atoms. The number of benzene rings is 1. The molecule has 5 rings (SSSR count). The maximum atomic E-state index is 13.7. The summed E-state index contributed by atoms with van der Waals surface area (Å²) in [6, 6.07) is 1.17. The number of anilines is 1. The lowest BCUT2D eigenvalue weighted by Gasteiger charge is -2.49. The van der Waals surface area contributed by atoms with Gasteiger partial charge >= 0.3 is 11.9 Å². The van der Waals surface area contributed by atoms with Crippen LogP contribution in [0.15, 0.2) is 33.9 Å². The van der Waals surface area contributed by atoms with E-state index in [2.05, 4.69) is 20.8 Å². The quantitative estimate of drug-likeness (QED) is 0.0477. The van der Waals surface area contributed by atoms with Crippen LogP contribution < -0.4 is 16.4 Å². The summed E-state index contributed by atoms with van der Waals surface area (Å²) in [6.45, 7) is 0.145. The van der Waals surface area contributed by atoms with Gasteiger partial charge in [-0.1, -0.05) is 16.8 Å². The minimum atomic E-state index is -2.92. The average Bonchev–Trinajstić information content (AvgIpc) is 3.52. The van der Waals surface area contributed by atoms with Gasteiger partial charge in [0.25, 0.3) is 17.7 Å². The number of hydrogen-bond donors (Lipinski definition) is 7. The number of carboxylic acid groups (broad SMARTS) is 2. The summed E-state index contributed by atoms with van der Waals surface area (Å²) in [7, 11) is 0. The number of amides is 3. The van der Waals surface area contributed by atoms with E-state index >= 15 is 0 Å². The SMILES string of the molecule is Nc1nc(/C(=N/O[C@@H](C(=O)O)C2CCC(F)(F)CC2)C(=O)N[C@@H]2C(=O)N3C(C(=O)O)=C(CSCCNC(=O)c4ccc(O)c(O)c4Cl)CS[C@H]23)cs1. The fourth-order valence-corrected chi connectivity index (χ4v) is 8.81. The number of oxime groups is 1. The van der Waals surface area contributed by atoms with Crippen molar-refractivity contribution in [2.45, 2.75) is 49.1 Å². The van der Waals surface area contributed by atoms with Gasteiger partial charge in [0, 0.05) is 47.9 Å². The molecule has 8 N–H and O–H groups in total. The van der Waals surface area contributed by atoms with E-state index in [0.29, 0.717) is 11.3 Å². The van der Waals surface area contributed by atoms with E-state index in [1.165, 1.54) is 35.0 Å². The zero-order chi connectivity index (χ0) is 37.9. The second-order valence-electron chi connectivity index (χ2n) is 11.8. The van der Waals surface area contributed by atoms with Crippen LogP contribution >= 0.6 is 46.5 Å². The first-order chi connectivity index (χ1) is 24.6. The molecular formula is C30H31ClF2N6O10S3. The van der Waals surface area contributed by atoms with Crippen LogP contribution in [0.2, 0.25) is 5.02 Å². The molecule has 0 unspecified atom stereocenters. The van der Waals surface area contributed by atoms with Gasteiger partial charge in [0.05, 0.1) is 10.6 Å². The smallest absolute Gasteiger partial charge is 0.352 e. The Kier molecular flexibility index (Phi) is 12.1. The Balaban J connectivity index is 1.21. The molecule has 3 amide bonds. The summed E-state index contributed by atoms with van der Waals surface area (Å²) in [5, 5.41) is 48.2. The number of carboxylic acids is 2. The molecule has 1 aromatic carbocycles. The Bertz CT molecular complexity index is 1840. The highest BCUT2D eigenvalue weighted by Gasteiger charge is 2.54. The molecule has 0 radical (unpaired) electrons. The summed E-state index contributed by atoms with van der Waals surface area (Å²) in [6.07, 6.45) is -2.99. The number of fused-ring (bicyclic) bond motifs is 1. The van der Waals surface area contributed by atoms with Gasteiger partial charge in [-0.2, -0.15) is 11.8 Å². The fraction of sp³-hybridized carbons (Fsp3) is 0.433. The number of aliphatic carboxylic acids is 2. The predicted octanol–water partition coefficient (Wildman–Crippen LogP) is 2.69. The number of alkyl halides is 2. The predicted molar refractivity (Wildman–Crippen MR) is 187 cm³/mol. The van der Waals surface area contributed by atoms with Crippen molar-refractivity contribution >= 4 is 87.0 Å². The number of aromatic hydroxyl groups is 2. The van der Waals surface area contributed by atoms with Gasteiger partial charge in [-0.3, -0.25) is 19.3 Å². The number of rotatable bonds is 14. The number of β-lactam (4-membered cyclic amide) rings is 1. The van der Waals surface area contributed by atoms with Gasteiger partial charge in [-0.05, 0) is 30.5 Å². The molecule has 2 aliphatic heterocycles. The molecule has 2 fully saturated rings. The van der Waals surface area contributed by atoms with Crippen molar-refractivity contribution in [2.75, 3.05) is 29.5 Å². The van der Waals surface area contributed by atoms with Gasteiger partial charge in [-0.15, -0.1) is 23.1 Å². The Hall–Kier alpha value is -4.34. The van der Waals surface area contributed by atoms with Crippen LogP contribution in [0.4, 0.5) is 13.9 Å². The lowest BCUT2D eigenvalue weighted by atomic mass is 9.83. The normalized spacial score (nSPS) is 20.8. The first kappa shape index (κ1) is 38.9. The van der Waals surface area contributed by atoms with E-state index in [0.717, 1.165) is 22.3 Å². The van der Waals surface area contributed by atoms with Crippen LogP contribution in [-0.2, 0) is 24.0 Å². The third-order valence-electron chi connectivity index (χ3n) is 8.35. The second kappa shape index (κ2) is 16.1. The summed E-state index contributed by atoms with van der Waals surface area (Å²) >= 11 is 9.36. The van der Waals surface area contributed by atoms with Crippen molar-refractivity contribution in [2.24, 2.45) is 11.1 Å². The molecule has 3 aliphatic rings. The number of nitrogens with one attached hydrogen (secondary N) is 2. The van der Waals surface area contributed by atoms with Gasteiger partial charge in [0.2, 0.25) is 12.0 Å².